The van der Waals surface area contributed by atoms with Gasteiger partial charge < -0.3 is 14.8 Å². The molecule has 0 amide bonds. The number of ether oxygens (including phenoxy) is 2. The van der Waals surface area contributed by atoms with Crippen molar-refractivity contribution < 1.29 is 13.9 Å². The molecule has 1 N–H and O–H groups in total. The molecule has 2 aliphatic heterocycles. The summed E-state index contributed by atoms with van der Waals surface area (Å²) in [6, 6.07) is 4.54. The normalized spacial score (nSPS) is 29.2. The van der Waals surface area contributed by atoms with E-state index in [-0.39, 0.29) is 0 Å². The van der Waals surface area contributed by atoms with Crippen LogP contribution in [0.15, 0.2) is 42.4 Å². The maximum atomic E-state index is 14.4. The van der Waals surface area contributed by atoms with Crippen LogP contribution in [0.5, 0.6) is 0 Å². The van der Waals surface area contributed by atoms with E-state index in [0.29, 0.717) is 16.5 Å². The molecule has 0 aromatic heterocycles. The fourth-order valence-electron chi connectivity index (χ4n) is 3.25. The van der Waals surface area contributed by atoms with Crippen LogP contribution in [-0.4, -0.2) is 13.1 Å². The molecule has 1 fully saturated rings. The number of nitrogens with one attached hydrogen (secondary N) is 1. The van der Waals surface area contributed by atoms with Crippen LogP contribution in [0.25, 0.3) is 0 Å². The zero-order chi connectivity index (χ0) is 17.0. The zero-order valence-electron chi connectivity index (χ0n) is 13.9. The Labute approximate surface area is 147 Å². The van der Waals surface area contributed by atoms with Gasteiger partial charge in [0.05, 0.1) is 18.1 Å². The number of rotatable bonds is 2. The maximum absolute atomic E-state index is 14.4. The molecule has 1 saturated heterocycles. The highest BCUT2D eigenvalue weighted by Gasteiger charge is 2.33. The summed E-state index contributed by atoms with van der Waals surface area (Å²) in [4.78, 5) is 0. The second-order valence-corrected chi connectivity index (χ2v) is 6.87. The quantitative estimate of drug-likeness (QED) is 0.824. The molecule has 0 unspecified atom stereocenters. The van der Waals surface area contributed by atoms with Gasteiger partial charge in [0.15, 0.2) is 0 Å². The molecule has 0 spiro atoms. The summed E-state index contributed by atoms with van der Waals surface area (Å²) >= 11 is 5.86. The van der Waals surface area contributed by atoms with Crippen LogP contribution in [-0.2, 0) is 15.3 Å². The molecule has 3 nitrogen and oxygen atoms in total. The summed E-state index contributed by atoms with van der Waals surface area (Å²) in [6.45, 7) is 3.78. The van der Waals surface area contributed by atoms with E-state index >= 15 is 0 Å². The van der Waals surface area contributed by atoms with E-state index in [2.05, 4.69) is 5.32 Å². The fraction of sp³-hybridized carbons (Fsp3) is 0.474. The van der Waals surface area contributed by atoms with Crippen molar-refractivity contribution in [2.24, 2.45) is 5.92 Å². The van der Waals surface area contributed by atoms with E-state index < -0.39 is 11.6 Å². The van der Waals surface area contributed by atoms with Gasteiger partial charge in [-0.2, -0.15) is 0 Å². The minimum absolute atomic E-state index is 0.333. The van der Waals surface area contributed by atoms with Gasteiger partial charge in [-0.05, 0) is 74.5 Å². The highest BCUT2D eigenvalue weighted by atomic mass is 35.5. The summed E-state index contributed by atoms with van der Waals surface area (Å²) < 4.78 is 26.1. The molecule has 130 valence electrons. The first-order valence-corrected chi connectivity index (χ1v) is 8.82. The third-order valence-corrected chi connectivity index (χ3v) is 4.94. The van der Waals surface area contributed by atoms with Crippen molar-refractivity contribution in [3.8, 4) is 0 Å². The van der Waals surface area contributed by atoms with Crippen LogP contribution in [0.2, 0.25) is 5.02 Å². The third-order valence-electron chi connectivity index (χ3n) is 4.71. The molecule has 1 atom stereocenters. The van der Waals surface area contributed by atoms with E-state index in [4.69, 9.17) is 21.1 Å². The van der Waals surface area contributed by atoms with E-state index in [0.717, 1.165) is 38.8 Å². The van der Waals surface area contributed by atoms with Gasteiger partial charge in [0.2, 0.25) is 0 Å². The first-order chi connectivity index (χ1) is 11.6. The molecule has 5 heteroatoms. The lowest BCUT2D eigenvalue weighted by Gasteiger charge is -2.30. The second-order valence-electron chi connectivity index (χ2n) is 6.43. The molecule has 0 aliphatic carbocycles. The van der Waals surface area contributed by atoms with Gasteiger partial charge >= 0.3 is 0 Å². The number of benzene rings is 1. The highest BCUT2D eigenvalue weighted by molar-refractivity contribution is 6.30. The largest absolute Gasteiger partial charge is 0.456 e. The van der Waals surface area contributed by atoms with Crippen LogP contribution in [0.3, 0.4) is 0 Å². The van der Waals surface area contributed by atoms with Gasteiger partial charge in [0.25, 0.3) is 5.79 Å². The molecule has 0 bridgehead atoms. The lowest BCUT2D eigenvalue weighted by Crippen LogP contribution is -2.30. The first-order valence-electron chi connectivity index (χ1n) is 8.44. The monoisotopic (exact) mass is 351 g/mol. The van der Waals surface area contributed by atoms with Gasteiger partial charge in [-0.25, -0.2) is 4.39 Å². The Kier molecular flexibility index (Phi) is 5.47. The standard InChI is InChI=1S/C19H23ClFNO2/c1-19(17-6-5-16(20)12-18(17)21)23-11-3-2-4-15(13-24-19)14-7-9-22-10-8-14/h3,5-6,11-14,22H,2,4,7-10H2,1H3/b11-3+,15-13-/t19-/m0/s1. The van der Waals surface area contributed by atoms with Gasteiger partial charge in [-0.15, -0.1) is 0 Å². The van der Waals surface area contributed by atoms with Crippen LogP contribution in [0.1, 0.15) is 38.2 Å². The van der Waals surface area contributed by atoms with Crippen molar-refractivity contribution in [2.75, 3.05) is 13.1 Å². The molecular formula is C19H23ClFNO2. The number of allylic oxidation sites excluding steroid dienone is 2. The molecule has 24 heavy (non-hydrogen) atoms. The predicted molar refractivity (Wildman–Crippen MR) is 93.0 cm³/mol. The average Bonchev–Trinajstić information content (AvgIpc) is 2.67. The molecular weight excluding hydrogens is 329 g/mol. The molecule has 0 radical (unpaired) electrons. The summed E-state index contributed by atoms with van der Waals surface area (Å²) in [5, 5.41) is 3.73. The number of hydrogen-bond donors (Lipinski definition) is 1. The van der Waals surface area contributed by atoms with E-state index in [1.807, 2.05) is 6.08 Å². The van der Waals surface area contributed by atoms with Crippen molar-refractivity contribution in [3.05, 3.63) is 58.8 Å². The fourth-order valence-corrected chi connectivity index (χ4v) is 3.41. The van der Waals surface area contributed by atoms with Crippen LogP contribution in [0.4, 0.5) is 4.39 Å². The lowest BCUT2D eigenvalue weighted by molar-refractivity contribution is -0.169. The van der Waals surface area contributed by atoms with Crippen molar-refractivity contribution in [2.45, 2.75) is 38.4 Å². The molecule has 3 rings (SSSR count). The highest BCUT2D eigenvalue weighted by Crippen LogP contribution is 2.34. The van der Waals surface area contributed by atoms with E-state index in [1.54, 1.807) is 31.6 Å². The minimum atomic E-state index is -1.21. The van der Waals surface area contributed by atoms with Crippen LogP contribution < -0.4 is 5.32 Å². The summed E-state index contributed by atoms with van der Waals surface area (Å²) in [5.74, 6) is -1.14. The zero-order valence-corrected chi connectivity index (χ0v) is 14.6. The van der Waals surface area contributed by atoms with Crippen molar-refractivity contribution >= 4 is 11.6 Å². The molecule has 2 heterocycles. The smallest absolute Gasteiger partial charge is 0.276 e. The SMILES string of the molecule is C[C@@]1(c2ccc(Cl)cc2F)O/C=C(\C2CCNCC2)CC/C=C/O1. The van der Waals surface area contributed by atoms with Gasteiger partial charge in [0.1, 0.15) is 5.82 Å². The number of halogens is 2. The Morgan fingerprint density at radius 3 is 2.79 bits per heavy atom. The molecule has 1 aromatic rings. The van der Waals surface area contributed by atoms with Crippen molar-refractivity contribution in [3.63, 3.8) is 0 Å². The van der Waals surface area contributed by atoms with Crippen LogP contribution in [0, 0.1) is 11.7 Å². The average molecular weight is 352 g/mol. The summed E-state index contributed by atoms with van der Waals surface area (Å²) in [7, 11) is 0. The van der Waals surface area contributed by atoms with Crippen molar-refractivity contribution in [1.29, 1.82) is 0 Å². The molecule has 2 aliphatic rings. The van der Waals surface area contributed by atoms with Gasteiger partial charge in [-0.3, -0.25) is 0 Å². The van der Waals surface area contributed by atoms with Gasteiger partial charge in [0, 0.05) is 11.9 Å². The summed E-state index contributed by atoms with van der Waals surface area (Å²) in [5.41, 5.74) is 1.60. The third kappa shape index (κ3) is 3.93. The minimum Gasteiger partial charge on any atom is -0.456 e. The Bertz CT molecular complexity index is 640. The van der Waals surface area contributed by atoms with Gasteiger partial charge in [-0.1, -0.05) is 11.6 Å². The Balaban J connectivity index is 1.88. The topological polar surface area (TPSA) is 30.5 Å². The number of hydrogen-bond acceptors (Lipinski definition) is 3. The maximum Gasteiger partial charge on any atom is 0.276 e. The number of piperidine rings is 1. The van der Waals surface area contributed by atoms with E-state index in [9.17, 15) is 4.39 Å². The first kappa shape index (κ1) is 17.3. The summed E-state index contributed by atoms with van der Waals surface area (Å²) in [6.07, 6.45) is 9.39. The molecule has 0 saturated carbocycles. The Hall–Kier alpha value is -1.52. The van der Waals surface area contributed by atoms with Crippen LogP contribution >= 0.6 is 11.6 Å². The Morgan fingerprint density at radius 1 is 1.25 bits per heavy atom. The Morgan fingerprint density at radius 2 is 2.04 bits per heavy atom. The predicted octanol–water partition coefficient (Wildman–Crippen LogP) is 4.88. The second kappa shape index (κ2) is 7.58. The van der Waals surface area contributed by atoms with E-state index in [1.165, 1.54) is 11.6 Å². The lowest BCUT2D eigenvalue weighted by atomic mass is 9.88. The van der Waals surface area contributed by atoms with Crippen molar-refractivity contribution in [1.82, 2.24) is 5.32 Å². The molecule has 1 aromatic carbocycles.